The number of fused-ring (bicyclic) bond motifs is 1. The summed E-state index contributed by atoms with van der Waals surface area (Å²) in [6, 6.07) is 8.34. The summed E-state index contributed by atoms with van der Waals surface area (Å²) in [5, 5.41) is 5.58. The first kappa shape index (κ1) is 15.5. The van der Waals surface area contributed by atoms with Crippen molar-refractivity contribution in [2.75, 3.05) is 0 Å². The molecule has 0 unspecified atom stereocenters. The molecule has 1 aromatic carbocycles. The Morgan fingerprint density at radius 3 is 2.95 bits per heavy atom. The zero-order valence-corrected chi connectivity index (χ0v) is 13.0. The number of thiocarbonyl (C=S) groups is 1. The third kappa shape index (κ3) is 4.03. The lowest BCUT2D eigenvalue weighted by Gasteiger charge is -2.03. The van der Waals surface area contributed by atoms with Gasteiger partial charge in [-0.15, -0.1) is 0 Å². The lowest BCUT2D eigenvalue weighted by Crippen LogP contribution is -2.37. The maximum absolute atomic E-state index is 5.18. The molecule has 0 saturated carbocycles. The number of benzene rings is 1. The highest BCUT2D eigenvalue weighted by atomic mass is 32.1. The summed E-state index contributed by atoms with van der Waals surface area (Å²) in [4.78, 5) is 0. The van der Waals surface area contributed by atoms with Crippen molar-refractivity contribution in [1.82, 2.24) is 15.4 Å². The minimum absolute atomic E-state index is 0.290. The van der Waals surface area contributed by atoms with Gasteiger partial charge in [0.05, 0.1) is 6.21 Å². The number of hydrazone groups is 1. The fourth-order valence-corrected chi connectivity index (χ4v) is 2.34. The van der Waals surface area contributed by atoms with Crippen LogP contribution < -0.4 is 16.7 Å². The van der Waals surface area contributed by atoms with E-state index in [1.54, 1.807) is 6.21 Å². The molecule has 0 aliphatic rings. The third-order valence-corrected chi connectivity index (χ3v) is 3.53. The van der Waals surface area contributed by atoms with Crippen LogP contribution in [0, 0.1) is 0 Å². The molecule has 6 heteroatoms. The van der Waals surface area contributed by atoms with Gasteiger partial charge in [-0.05, 0) is 24.7 Å². The van der Waals surface area contributed by atoms with Gasteiger partial charge in [0.25, 0.3) is 0 Å². The SMILES string of the molecule is CCCCCn1cc(/C=N/NC(=S)NN)c2ccccc21. The average molecular weight is 303 g/mol. The van der Waals surface area contributed by atoms with Crippen molar-refractivity contribution in [1.29, 1.82) is 0 Å². The maximum Gasteiger partial charge on any atom is 0.201 e. The molecule has 0 aliphatic heterocycles. The van der Waals surface area contributed by atoms with Gasteiger partial charge in [-0.3, -0.25) is 10.9 Å². The monoisotopic (exact) mass is 303 g/mol. The molecule has 1 aromatic heterocycles. The van der Waals surface area contributed by atoms with Crippen molar-refractivity contribution in [2.24, 2.45) is 10.9 Å². The summed E-state index contributed by atoms with van der Waals surface area (Å²) >= 11 is 4.88. The van der Waals surface area contributed by atoms with E-state index in [0.717, 1.165) is 12.1 Å². The number of nitrogens with zero attached hydrogens (tertiary/aromatic N) is 2. The molecule has 4 N–H and O–H groups in total. The van der Waals surface area contributed by atoms with Gasteiger partial charge >= 0.3 is 0 Å². The number of aromatic nitrogens is 1. The van der Waals surface area contributed by atoms with Crippen molar-refractivity contribution in [3.63, 3.8) is 0 Å². The van der Waals surface area contributed by atoms with E-state index in [4.69, 9.17) is 18.1 Å². The number of rotatable bonds is 6. The van der Waals surface area contributed by atoms with Gasteiger partial charge in [-0.25, -0.2) is 5.84 Å². The van der Waals surface area contributed by atoms with Crippen LogP contribution >= 0.6 is 12.2 Å². The van der Waals surface area contributed by atoms with E-state index in [1.807, 2.05) is 6.07 Å². The second-order valence-corrected chi connectivity index (χ2v) is 5.25. The van der Waals surface area contributed by atoms with Crippen molar-refractivity contribution in [3.8, 4) is 0 Å². The van der Waals surface area contributed by atoms with Gasteiger partial charge in [0.2, 0.25) is 5.11 Å². The first-order valence-corrected chi connectivity index (χ1v) is 7.54. The lowest BCUT2D eigenvalue weighted by atomic mass is 10.2. The van der Waals surface area contributed by atoms with Gasteiger partial charge in [-0.2, -0.15) is 5.10 Å². The number of hydrogen-bond donors (Lipinski definition) is 3. The third-order valence-electron chi connectivity index (χ3n) is 3.32. The van der Waals surface area contributed by atoms with Gasteiger partial charge in [0.1, 0.15) is 0 Å². The van der Waals surface area contributed by atoms with Crippen LogP contribution in [0.2, 0.25) is 0 Å². The number of unbranched alkanes of at least 4 members (excludes halogenated alkanes) is 2. The van der Waals surface area contributed by atoms with E-state index >= 15 is 0 Å². The van der Waals surface area contributed by atoms with E-state index in [0.29, 0.717) is 0 Å². The minimum Gasteiger partial charge on any atom is -0.347 e. The smallest absolute Gasteiger partial charge is 0.201 e. The second-order valence-electron chi connectivity index (χ2n) is 4.85. The summed E-state index contributed by atoms with van der Waals surface area (Å²) < 4.78 is 2.28. The lowest BCUT2D eigenvalue weighted by molar-refractivity contribution is 0.616. The van der Waals surface area contributed by atoms with Crippen LogP contribution in [0.15, 0.2) is 35.6 Å². The fourth-order valence-electron chi connectivity index (χ4n) is 2.29. The zero-order valence-electron chi connectivity index (χ0n) is 12.2. The summed E-state index contributed by atoms with van der Waals surface area (Å²) in [5.41, 5.74) is 7.29. The quantitative estimate of drug-likeness (QED) is 0.252. The molecular formula is C15H21N5S. The first-order chi connectivity index (χ1) is 10.3. The highest BCUT2D eigenvalue weighted by molar-refractivity contribution is 7.80. The van der Waals surface area contributed by atoms with Crippen LogP contribution in [0.1, 0.15) is 31.7 Å². The summed E-state index contributed by atoms with van der Waals surface area (Å²) in [7, 11) is 0. The predicted molar refractivity (Wildman–Crippen MR) is 92.1 cm³/mol. The fraction of sp³-hybridized carbons (Fsp3) is 0.333. The molecule has 0 spiro atoms. The summed E-state index contributed by atoms with van der Waals surface area (Å²) in [5.74, 6) is 5.18. The Morgan fingerprint density at radius 2 is 2.19 bits per heavy atom. The topological polar surface area (TPSA) is 67.4 Å². The summed E-state index contributed by atoms with van der Waals surface area (Å²) in [6.07, 6.45) is 7.55. The maximum atomic E-state index is 5.18. The van der Waals surface area contributed by atoms with Crippen LogP contribution in [-0.4, -0.2) is 15.9 Å². The van der Waals surface area contributed by atoms with Crippen molar-refractivity contribution in [2.45, 2.75) is 32.7 Å². The van der Waals surface area contributed by atoms with Gasteiger partial charge in [0, 0.05) is 29.2 Å². The molecule has 2 aromatic rings. The highest BCUT2D eigenvalue weighted by Gasteiger charge is 2.06. The van der Waals surface area contributed by atoms with Crippen LogP contribution in [0.25, 0.3) is 10.9 Å². The van der Waals surface area contributed by atoms with Crippen LogP contribution in [0.5, 0.6) is 0 Å². The minimum atomic E-state index is 0.290. The molecule has 0 atom stereocenters. The Labute approximate surface area is 130 Å². The predicted octanol–water partition coefficient (Wildman–Crippen LogP) is 2.50. The van der Waals surface area contributed by atoms with Gasteiger partial charge < -0.3 is 4.57 Å². The molecule has 2 rings (SSSR count). The number of nitrogens with two attached hydrogens (primary N) is 1. The largest absolute Gasteiger partial charge is 0.347 e. The van der Waals surface area contributed by atoms with E-state index in [1.165, 1.54) is 30.2 Å². The Balaban J connectivity index is 2.21. The first-order valence-electron chi connectivity index (χ1n) is 7.13. The van der Waals surface area contributed by atoms with E-state index < -0.39 is 0 Å². The Hall–Kier alpha value is -1.92. The Bertz CT molecular complexity index is 632. The second kappa shape index (κ2) is 7.75. The number of hydrogen-bond acceptors (Lipinski definition) is 3. The molecular weight excluding hydrogens is 282 g/mol. The number of hydrazine groups is 1. The molecule has 112 valence electrons. The molecule has 0 aliphatic carbocycles. The van der Waals surface area contributed by atoms with E-state index in [9.17, 15) is 0 Å². The van der Waals surface area contributed by atoms with E-state index in [2.05, 4.69) is 51.8 Å². The van der Waals surface area contributed by atoms with Crippen molar-refractivity contribution >= 4 is 34.4 Å². The van der Waals surface area contributed by atoms with E-state index in [-0.39, 0.29) is 5.11 Å². The molecule has 0 fully saturated rings. The molecule has 1 heterocycles. The molecule has 21 heavy (non-hydrogen) atoms. The highest BCUT2D eigenvalue weighted by Crippen LogP contribution is 2.20. The van der Waals surface area contributed by atoms with Gasteiger partial charge in [-0.1, -0.05) is 38.0 Å². The normalized spacial score (nSPS) is 11.1. The van der Waals surface area contributed by atoms with Crippen LogP contribution in [0.3, 0.4) is 0 Å². The van der Waals surface area contributed by atoms with Crippen LogP contribution in [-0.2, 0) is 6.54 Å². The standard InChI is InChI=1S/C15H21N5S/c1-2-3-6-9-20-11-12(10-17-19-15(21)18-16)13-7-4-5-8-14(13)20/h4-5,7-8,10-11H,2-3,6,9,16H2,1H3,(H2,18,19,21)/b17-10+. The average Bonchev–Trinajstić information content (AvgIpc) is 2.86. The number of nitrogens with one attached hydrogen (secondary N) is 2. The Morgan fingerprint density at radius 1 is 1.38 bits per heavy atom. The molecule has 0 bridgehead atoms. The van der Waals surface area contributed by atoms with Crippen LogP contribution in [0.4, 0.5) is 0 Å². The molecule has 5 nitrogen and oxygen atoms in total. The molecule has 0 radical (unpaired) electrons. The molecule has 0 amide bonds. The zero-order chi connectivity index (χ0) is 15.1. The summed E-state index contributed by atoms with van der Waals surface area (Å²) in [6.45, 7) is 3.24. The van der Waals surface area contributed by atoms with Gasteiger partial charge in [0.15, 0.2) is 0 Å². The number of aryl methyl sites for hydroxylation is 1. The number of para-hydroxylation sites is 1. The Kier molecular flexibility index (Phi) is 5.71. The van der Waals surface area contributed by atoms with Crippen molar-refractivity contribution < 1.29 is 0 Å². The van der Waals surface area contributed by atoms with Crippen molar-refractivity contribution in [3.05, 3.63) is 36.0 Å². The molecule has 0 saturated heterocycles.